The minimum atomic E-state index is -2.28. The Bertz CT molecular complexity index is 855. The molecule has 3 rings (SSSR count). The summed E-state index contributed by atoms with van der Waals surface area (Å²) in [7, 11) is 0. The lowest BCUT2D eigenvalue weighted by Gasteiger charge is -2.39. The fraction of sp³-hybridized carbons (Fsp3) is 0.176. The number of fused-ring (bicyclic) bond motifs is 1. The molecule has 7 heteroatoms. The Morgan fingerprint density at radius 3 is 2.46 bits per heavy atom. The van der Waals surface area contributed by atoms with Gasteiger partial charge in [0, 0.05) is 11.1 Å². The molecule has 0 saturated carbocycles. The first kappa shape index (κ1) is 16.9. The molecule has 0 radical (unpaired) electrons. The fourth-order valence-electron chi connectivity index (χ4n) is 2.71. The maximum atomic E-state index is 13.5. The van der Waals surface area contributed by atoms with Crippen molar-refractivity contribution in [3.05, 3.63) is 65.0 Å². The second-order valence-electron chi connectivity index (χ2n) is 5.49. The molecule has 0 aliphatic carbocycles. The number of rotatable bonds is 2. The topological polar surface area (TPSA) is 57.6 Å². The minimum Gasteiger partial charge on any atom is -0.373 e. The Hall–Kier alpha value is -1.95. The summed E-state index contributed by atoms with van der Waals surface area (Å²) in [6.07, 6.45) is 0. The zero-order chi connectivity index (χ0) is 17.6. The average molecular weight is 368 g/mol. The first-order chi connectivity index (χ1) is 11.3. The van der Waals surface area contributed by atoms with Gasteiger partial charge in [-0.2, -0.15) is 0 Å². The van der Waals surface area contributed by atoms with E-state index in [9.17, 15) is 19.1 Å². The highest BCUT2D eigenvalue weighted by Crippen LogP contribution is 2.41. The number of carbonyl (C=O) groups is 2. The van der Waals surface area contributed by atoms with Crippen LogP contribution >= 0.6 is 23.2 Å². The van der Waals surface area contributed by atoms with E-state index in [1.165, 1.54) is 31.2 Å². The Kier molecular flexibility index (Phi) is 4.11. The first-order valence-electron chi connectivity index (χ1n) is 7.03. The van der Waals surface area contributed by atoms with Gasteiger partial charge < -0.3 is 5.11 Å². The lowest BCUT2D eigenvalue weighted by molar-refractivity contribution is -0.136. The largest absolute Gasteiger partial charge is 0.373 e. The summed E-state index contributed by atoms with van der Waals surface area (Å²) in [4.78, 5) is 24.9. The summed E-state index contributed by atoms with van der Waals surface area (Å²) in [5.41, 5.74) is -1.75. The Morgan fingerprint density at radius 2 is 1.83 bits per heavy atom. The highest BCUT2D eigenvalue weighted by atomic mass is 35.5. The van der Waals surface area contributed by atoms with Crippen LogP contribution in [-0.4, -0.2) is 21.8 Å². The van der Waals surface area contributed by atoms with Gasteiger partial charge in [0.15, 0.2) is 0 Å². The summed E-state index contributed by atoms with van der Waals surface area (Å²) in [5, 5.41) is 10.9. The number of hydrogen-bond donors (Lipinski definition) is 1. The molecule has 124 valence electrons. The number of imide groups is 1. The lowest BCUT2D eigenvalue weighted by atomic mass is 9.85. The normalized spacial score (nSPS) is 20.5. The van der Waals surface area contributed by atoms with Crippen LogP contribution < -0.4 is 4.90 Å². The number of nitrogens with zero attached hydrogens (tertiary/aromatic N) is 1. The molecule has 1 unspecified atom stereocenters. The number of amides is 2. The first-order valence-corrected chi connectivity index (χ1v) is 7.91. The van der Waals surface area contributed by atoms with Crippen molar-refractivity contribution in [2.24, 2.45) is 0 Å². The predicted octanol–water partition coefficient (Wildman–Crippen LogP) is 3.31. The summed E-state index contributed by atoms with van der Waals surface area (Å²) < 4.78 is 13.5. The zero-order valence-electron chi connectivity index (χ0n) is 12.5. The van der Waals surface area contributed by atoms with Crippen LogP contribution in [0.3, 0.4) is 0 Å². The lowest BCUT2D eigenvalue weighted by Crippen LogP contribution is -2.57. The molecule has 1 aliphatic heterocycles. The molecule has 1 heterocycles. The molecule has 1 aliphatic rings. The van der Waals surface area contributed by atoms with Crippen molar-refractivity contribution in [2.45, 2.75) is 17.4 Å². The van der Waals surface area contributed by atoms with Crippen LogP contribution in [0.4, 0.5) is 10.1 Å². The van der Waals surface area contributed by atoms with Gasteiger partial charge in [-0.1, -0.05) is 18.2 Å². The van der Waals surface area contributed by atoms with Crippen molar-refractivity contribution in [2.75, 3.05) is 4.90 Å². The van der Waals surface area contributed by atoms with E-state index in [1.54, 1.807) is 12.1 Å². The van der Waals surface area contributed by atoms with E-state index < -0.39 is 28.1 Å². The second-order valence-corrected chi connectivity index (χ2v) is 6.59. The Labute approximate surface area is 147 Å². The highest BCUT2D eigenvalue weighted by molar-refractivity contribution is 6.47. The number of aryl methyl sites for hydroxylation is 1. The van der Waals surface area contributed by atoms with Crippen molar-refractivity contribution < 1.29 is 19.1 Å². The van der Waals surface area contributed by atoms with E-state index in [2.05, 4.69) is 0 Å². The number of alkyl halides is 2. The van der Waals surface area contributed by atoms with Crippen molar-refractivity contribution in [3.8, 4) is 0 Å². The van der Waals surface area contributed by atoms with E-state index in [-0.39, 0.29) is 22.4 Å². The summed E-state index contributed by atoms with van der Waals surface area (Å²) >= 11 is 11.7. The molecule has 24 heavy (non-hydrogen) atoms. The summed E-state index contributed by atoms with van der Waals surface area (Å²) in [6.45, 7) is 1.50. The molecule has 0 spiro atoms. The molecular weight excluding hydrogens is 356 g/mol. The van der Waals surface area contributed by atoms with E-state index in [0.29, 0.717) is 0 Å². The number of anilines is 1. The highest BCUT2D eigenvalue weighted by Gasteiger charge is 2.54. The quantitative estimate of drug-likeness (QED) is 0.654. The summed E-state index contributed by atoms with van der Waals surface area (Å²) in [5.74, 6) is -2.09. The predicted molar refractivity (Wildman–Crippen MR) is 88.8 cm³/mol. The van der Waals surface area contributed by atoms with Crippen molar-refractivity contribution in [1.82, 2.24) is 0 Å². The monoisotopic (exact) mass is 367 g/mol. The van der Waals surface area contributed by atoms with E-state index in [4.69, 9.17) is 23.2 Å². The van der Waals surface area contributed by atoms with Gasteiger partial charge in [-0.15, -0.1) is 23.2 Å². The van der Waals surface area contributed by atoms with Gasteiger partial charge in [0.05, 0.1) is 5.69 Å². The third-order valence-corrected chi connectivity index (χ3v) is 4.65. The number of aliphatic hydroxyl groups is 1. The van der Waals surface area contributed by atoms with Crippen LogP contribution in [0.25, 0.3) is 0 Å². The molecule has 1 atom stereocenters. The SMILES string of the molecule is Cc1cc(N2C(=O)c3ccccc3C(O)(C(Cl)Cl)C2=O)ccc1F. The van der Waals surface area contributed by atoms with E-state index in [0.717, 1.165) is 11.0 Å². The van der Waals surface area contributed by atoms with Gasteiger partial charge in [-0.25, -0.2) is 9.29 Å². The van der Waals surface area contributed by atoms with Crippen LogP contribution in [-0.2, 0) is 10.4 Å². The number of hydrogen-bond acceptors (Lipinski definition) is 3. The second kappa shape index (κ2) is 5.84. The van der Waals surface area contributed by atoms with Crippen molar-refractivity contribution in [3.63, 3.8) is 0 Å². The van der Waals surface area contributed by atoms with Gasteiger partial charge in [0.1, 0.15) is 10.7 Å². The Balaban J connectivity index is 2.24. The van der Waals surface area contributed by atoms with Crippen LogP contribution in [0.15, 0.2) is 42.5 Å². The van der Waals surface area contributed by atoms with Gasteiger partial charge >= 0.3 is 0 Å². The van der Waals surface area contributed by atoms with Crippen molar-refractivity contribution >= 4 is 40.7 Å². The van der Waals surface area contributed by atoms with E-state index in [1.807, 2.05) is 0 Å². The maximum absolute atomic E-state index is 13.5. The van der Waals surface area contributed by atoms with Crippen LogP contribution in [0.1, 0.15) is 21.5 Å². The summed E-state index contributed by atoms with van der Waals surface area (Å²) in [6, 6.07) is 9.83. The fourth-order valence-corrected chi connectivity index (χ4v) is 3.14. The molecule has 0 bridgehead atoms. The van der Waals surface area contributed by atoms with Gasteiger partial charge in [0.2, 0.25) is 5.60 Å². The smallest absolute Gasteiger partial charge is 0.273 e. The van der Waals surface area contributed by atoms with E-state index >= 15 is 0 Å². The minimum absolute atomic E-state index is 0.0464. The number of halogens is 3. The Morgan fingerprint density at radius 1 is 1.17 bits per heavy atom. The molecule has 0 saturated heterocycles. The molecule has 2 amide bonds. The zero-order valence-corrected chi connectivity index (χ0v) is 14.0. The van der Waals surface area contributed by atoms with Gasteiger partial charge in [-0.3, -0.25) is 9.59 Å². The molecule has 2 aromatic rings. The molecule has 0 aromatic heterocycles. The average Bonchev–Trinajstić information content (AvgIpc) is 2.56. The van der Waals surface area contributed by atoms with Gasteiger partial charge in [0.25, 0.3) is 11.8 Å². The third-order valence-electron chi connectivity index (χ3n) is 4.02. The number of carbonyl (C=O) groups excluding carboxylic acids is 2. The van der Waals surface area contributed by atoms with Crippen LogP contribution in [0.5, 0.6) is 0 Å². The number of benzene rings is 2. The van der Waals surface area contributed by atoms with Crippen molar-refractivity contribution in [1.29, 1.82) is 0 Å². The third kappa shape index (κ3) is 2.32. The van der Waals surface area contributed by atoms with Crippen LogP contribution in [0.2, 0.25) is 0 Å². The molecule has 0 fully saturated rings. The van der Waals surface area contributed by atoms with Crippen LogP contribution in [0, 0.1) is 12.7 Å². The molecular formula is C17H12Cl2FNO3. The standard InChI is InChI=1S/C17H12Cl2FNO3/c1-9-8-10(6-7-13(9)20)21-14(22)11-4-2-3-5-12(11)17(24,15(18)19)16(21)23/h2-8,15,24H,1H3. The molecule has 4 nitrogen and oxygen atoms in total. The van der Waals surface area contributed by atoms with Gasteiger partial charge in [-0.05, 0) is 36.8 Å². The molecule has 2 aromatic carbocycles. The molecule has 1 N–H and O–H groups in total. The maximum Gasteiger partial charge on any atom is 0.273 e.